The molecule has 1 aliphatic rings. The van der Waals surface area contributed by atoms with Gasteiger partial charge >= 0.3 is 5.97 Å². The fraction of sp³-hybridized carbons (Fsp3) is 0.167. The number of aryl methyl sites for hydroxylation is 1. The average molecular weight is 450 g/mol. The molecule has 0 bridgehead atoms. The first-order chi connectivity index (χ1) is 16.5. The number of esters is 1. The number of hydrogen-bond donors (Lipinski definition) is 0. The summed E-state index contributed by atoms with van der Waals surface area (Å²) in [6.45, 7) is 2.27. The van der Waals surface area contributed by atoms with Crippen LogP contribution in [-0.4, -0.2) is 20.1 Å². The number of rotatable bonds is 5. The number of ether oxygens (including phenoxy) is 2. The van der Waals surface area contributed by atoms with E-state index >= 15 is 0 Å². The van der Waals surface area contributed by atoms with E-state index in [0.29, 0.717) is 5.75 Å². The van der Waals surface area contributed by atoms with Gasteiger partial charge in [0.2, 0.25) is 5.60 Å². The van der Waals surface area contributed by atoms with Crippen LogP contribution in [0.5, 0.6) is 5.75 Å². The molecular formula is C30H27NO3. The molecule has 1 unspecified atom stereocenters. The first-order valence-electron chi connectivity index (χ1n) is 11.4. The Bertz CT molecular complexity index is 1370. The van der Waals surface area contributed by atoms with E-state index in [1.54, 1.807) is 0 Å². The molecule has 4 aromatic carbocycles. The third kappa shape index (κ3) is 3.81. The van der Waals surface area contributed by atoms with Gasteiger partial charge in [0.05, 0.1) is 0 Å². The van der Waals surface area contributed by atoms with Gasteiger partial charge in [-0.25, -0.2) is 4.79 Å². The number of fused-ring (bicyclic) bond motifs is 3. The number of benzene rings is 4. The maximum Gasteiger partial charge on any atom is 0.359 e. The molecule has 5 rings (SSSR count). The summed E-state index contributed by atoms with van der Waals surface area (Å²) in [5, 5.41) is 2.08. The highest BCUT2D eigenvalue weighted by atomic mass is 16.6. The number of hydrogen-bond acceptors (Lipinski definition) is 4. The van der Waals surface area contributed by atoms with Crippen LogP contribution in [0.15, 0.2) is 91.0 Å². The standard InChI is InChI=1S/C30H27NO3/c1-21-19-23-17-18-30(24-13-15-25(16-14-24)31(2)3,29(32)33-20-22-9-5-4-6-10-22)34-28(23)27-12-8-7-11-26(21)27/h4-19H,20H2,1-3H3. The van der Waals surface area contributed by atoms with Crippen LogP contribution >= 0.6 is 0 Å². The minimum Gasteiger partial charge on any atom is -0.465 e. The largest absolute Gasteiger partial charge is 0.465 e. The number of nitrogens with zero attached hydrogens (tertiary/aromatic N) is 1. The van der Waals surface area contributed by atoms with Crippen LogP contribution in [0.3, 0.4) is 0 Å². The zero-order valence-electron chi connectivity index (χ0n) is 19.6. The number of carbonyl (C=O) groups excluding carboxylic acids is 1. The molecule has 4 nitrogen and oxygen atoms in total. The second kappa shape index (κ2) is 8.71. The normalized spacial score (nSPS) is 16.6. The van der Waals surface area contributed by atoms with Gasteiger partial charge in [0.25, 0.3) is 0 Å². The molecule has 1 atom stereocenters. The predicted molar refractivity (Wildman–Crippen MR) is 137 cm³/mol. The van der Waals surface area contributed by atoms with E-state index in [9.17, 15) is 4.79 Å². The summed E-state index contributed by atoms with van der Waals surface area (Å²) in [5.41, 5.74) is 3.42. The smallest absolute Gasteiger partial charge is 0.359 e. The van der Waals surface area contributed by atoms with E-state index in [1.807, 2.05) is 104 Å². The van der Waals surface area contributed by atoms with Crippen LogP contribution < -0.4 is 9.64 Å². The van der Waals surface area contributed by atoms with Crippen LogP contribution in [0, 0.1) is 6.92 Å². The Hall–Kier alpha value is -4.05. The van der Waals surface area contributed by atoms with E-state index in [2.05, 4.69) is 19.1 Å². The molecule has 1 heterocycles. The summed E-state index contributed by atoms with van der Waals surface area (Å²) >= 11 is 0. The van der Waals surface area contributed by atoms with Crippen LogP contribution in [-0.2, 0) is 21.7 Å². The highest BCUT2D eigenvalue weighted by Crippen LogP contribution is 2.43. The summed E-state index contributed by atoms with van der Waals surface area (Å²) in [6, 6.07) is 27.7. The molecule has 0 fully saturated rings. The number of anilines is 1. The minimum atomic E-state index is -1.38. The van der Waals surface area contributed by atoms with Gasteiger partial charge in [-0.3, -0.25) is 0 Å². The molecule has 0 aromatic heterocycles. The lowest BCUT2D eigenvalue weighted by Gasteiger charge is -2.34. The molecule has 34 heavy (non-hydrogen) atoms. The van der Waals surface area contributed by atoms with E-state index in [0.717, 1.165) is 38.7 Å². The van der Waals surface area contributed by atoms with E-state index in [-0.39, 0.29) is 6.61 Å². The van der Waals surface area contributed by atoms with Gasteiger partial charge in [-0.2, -0.15) is 0 Å². The van der Waals surface area contributed by atoms with Gasteiger partial charge in [-0.05, 0) is 47.7 Å². The molecule has 0 spiro atoms. The zero-order chi connectivity index (χ0) is 23.7. The summed E-state index contributed by atoms with van der Waals surface area (Å²) in [4.78, 5) is 15.7. The zero-order valence-corrected chi connectivity index (χ0v) is 19.6. The van der Waals surface area contributed by atoms with Crippen molar-refractivity contribution in [3.63, 3.8) is 0 Å². The molecule has 0 saturated carbocycles. The molecule has 0 radical (unpaired) electrons. The third-order valence-corrected chi connectivity index (χ3v) is 6.32. The second-order valence-corrected chi connectivity index (χ2v) is 8.83. The van der Waals surface area contributed by atoms with Gasteiger partial charge in [-0.1, -0.05) is 72.8 Å². The Morgan fingerprint density at radius 2 is 1.59 bits per heavy atom. The second-order valence-electron chi connectivity index (χ2n) is 8.83. The van der Waals surface area contributed by atoms with E-state index < -0.39 is 11.6 Å². The van der Waals surface area contributed by atoms with Gasteiger partial charge < -0.3 is 14.4 Å². The van der Waals surface area contributed by atoms with Crippen molar-refractivity contribution in [2.24, 2.45) is 0 Å². The molecule has 0 N–H and O–H groups in total. The van der Waals surface area contributed by atoms with Crippen molar-refractivity contribution in [3.8, 4) is 5.75 Å². The van der Waals surface area contributed by atoms with Gasteiger partial charge in [0.1, 0.15) is 12.4 Å². The molecule has 4 heteroatoms. The molecule has 4 aromatic rings. The maximum atomic E-state index is 13.7. The quantitative estimate of drug-likeness (QED) is 0.337. The molecule has 0 amide bonds. The minimum absolute atomic E-state index is 0.176. The fourth-order valence-electron chi connectivity index (χ4n) is 4.42. The average Bonchev–Trinajstić information content (AvgIpc) is 2.88. The molecule has 0 saturated heterocycles. The molecular weight excluding hydrogens is 422 g/mol. The van der Waals surface area contributed by atoms with Crippen molar-refractivity contribution in [1.82, 2.24) is 0 Å². The highest BCUT2D eigenvalue weighted by molar-refractivity contribution is 5.97. The van der Waals surface area contributed by atoms with Crippen molar-refractivity contribution in [3.05, 3.63) is 113 Å². The third-order valence-electron chi connectivity index (χ3n) is 6.32. The molecule has 1 aliphatic heterocycles. The van der Waals surface area contributed by atoms with Crippen molar-refractivity contribution in [1.29, 1.82) is 0 Å². The van der Waals surface area contributed by atoms with Gasteiger partial charge in [0, 0.05) is 36.3 Å². The predicted octanol–water partition coefficient (Wildman–Crippen LogP) is 6.26. The first-order valence-corrected chi connectivity index (χ1v) is 11.4. The molecule has 0 aliphatic carbocycles. The fourth-order valence-corrected chi connectivity index (χ4v) is 4.42. The van der Waals surface area contributed by atoms with Crippen LogP contribution in [0.2, 0.25) is 0 Å². The van der Waals surface area contributed by atoms with Crippen molar-refractivity contribution in [2.45, 2.75) is 19.1 Å². The summed E-state index contributed by atoms with van der Waals surface area (Å²) < 4.78 is 12.5. The summed E-state index contributed by atoms with van der Waals surface area (Å²) in [7, 11) is 3.97. The number of carbonyl (C=O) groups is 1. The first kappa shape index (κ1) is 21.8. The Labute approximate surface area is 200 Å². The lowest BCUT2D eigenvalue weighted by atomic mass is 9.88. The SMILES string of the molecule is Cc1cc2c(c3ccccc13)OC(C(=O)OCc1ccccc1)(c1ccc(N(C)C)cc1)C=C2. The van der Waals surface area contributed by atoms with E-state index in [4.69, 9.17) is 9.47 Å². The highest BCUT2D eigenvalue weighted by Gasteiger charge is 2.45. The van der Waals surface area contributed by atoms with Crippen molar-refractivity contribution in [2.75, 3.05) is 19.0 Å². The Morgan fingerprint density at radius 1 is 0.912 bits per heavy atom. The summed E-state index contributed by atoms with van der Waals surface area (Å²) in [5.74, 6) is 0.248. The van der Waals surface area contributed by atoms with E-state index in [1.165, 1.54) is 0 Å². The van der Waals surface area contributed by atoms with Crippen LogP contribution in [0.4, 0.5) is 5.69 Å². The van der Waals surface area contributed by atoms with Crippen molar-refractivity contribution >= 4 is 28.5 Å². The lowest BCUT2D eigenvalue weighted by molar-refractivity contribution is -0.160. The lowest BCUT2D eigenvalue weighted by Crippen LogP contribution is -2.42. The van der Waals surface area contributed by atoms with Gasteiger partial charge in [0.15, 0.2) is 0 Å². The van der Waals surface area contributed by atoms with Crippen molar-refractivity contribution < 1.29 is 14.3 Å². The Kier molecular flexibility index (Phi) is 5.58. The maximum absolute atomic E-state index is 13.7. The molecule has 170 valence electrons. The van der Waals surface area contributed by atoms with Crippen LogP contribution in [0.25, 0.3) is 16.8 Å². The monoisotopic (exact) mass is 449 g/mol. The topological polar surface area (TPSA) is 38.8 Å². The Balaban J connectivity index is 1.60. The Morgan fingerprint density at radius 3 is 2.29 bits per heavy atom. The van der Waals surface area contributed by atoms with Crippen LogP contribution in [0.1, 0.15) is 22.3 Å². The van der Waals surface area contributed by atoms with Gasteiger partial charge in [-0.15, -0.1) is 0 Å². The summed E-state index contributed by atoms with van der Waals surface area (Å²) in [6.07, 6.45) is 3.80.